The standard InChI is InChI=1S/C25H34N2O3S/c1-18(20-11-10-19-8-6-7-9-21(19)16-20)26-24(28)17-27(31(5,29)30)23-14-12-22(13-15-23)25(2,3)4/h10-16,18H,6-9,17H2,1-5H3,(H,26,28)/t18-/m1/s1. The zero-order valence-corrected chi connectivity index (χ0v) is 20.1. The Morgan fingerprint density at radius 3 is 2.23 bits per heavy atom. The van der Waals surface area contributed by atoms with Crippen molar-refractivity contribution in [2.24, 2.45) is 0 Å². The Bertz CT molecular complexity index is 1040. The van der Waals surface area contributed by atoms with Crippen molar-refractivity contribution < 1.29 is 13.2 Å². The molecule has 0 saturated heterocycles. The van der Waals surface area contributed by atoms with Gasteiger partial charge in [0.1, 0.15) is 6.54 Å². The van der Waals surface area contributed by atoms with Crippen LogP contribution in [0.15, 0.2) is 42.5 Å². The number of sulfonamides is 1. The fourth-order valence-electron chi connectivity index (χ4n) is 4.05. The summed E-state index contributed by atoms with van der Waals surface area (Å²) in [6.07, 6.45) is 5.76. The van der Waals surface area contributed by atoms with Crippen molar-refractivity contribution in [3.8, 4) is 0 Å². The minimum Gasteiger partial charge on any atom is -0.348 e. The van der Waals surface area contributed by atoms with Crippen LogP contribution in [0.1, 0.15) is 68.8 Å². The van der Waals surface area contributed by atoms with Gasteiger partial charge in [0.2, 0.25) is 15.9 Å². The average molecular weight is 443 g/mol. The minimum atomic E-state index is -3.60. The summed E-state index contributed by atoms with van der Waals surface area (Å²) >= 11 is 0. The van der Waals surface area contributed by atoms with Gasteiger partial charge < -0.3 is 5.32 Å². The van der Waals surface area contributed by atoms with Crippen LogP contribution in [0, 0.1) is 0 Å². The summed E-state index contributed by atoms with van der Waals surface area (Å²) < 4.78 is 26.0. The lowest BCUT2D eigenvalue weighted by molar-refractivity contribution is -0.120. The van der Waals surface area contributed by atoms with Gasteiger partial charge in [-0.15, -0.1) is 0 Å². The summed E-state index contributed by atoms with van der Waals surface area (Å²) in [4.78, 5) is 12.8. The van der Waals surface area contributed by atoms with Crippen LogP contribution in [0.5, 0.6) is 0 Å². The largest absolute Gasteiger partial charge is 0.348 e. The third-order valence-electron chi connectivity index (χ3n) is 5.96. The second-order valence-electron chi connectivity index (χ2n) is 9.59. The summed E-state index contributed by atoms with van der Waals surface area (Å²) in [5.74, 6) is -0.324. The molecular weight excluding hydrogens is 408 g/mol. The maximum Gasteiger partial charge on any atom is 0.241 e. The molecule has 31 heavy (non-hydrogen) atoms. The second-order valence-corrected chi connectivity index (χ2v) is 11.5. The number of amides is 1. The zero-order chi connectivity index (χ0) is 22.8. The Labute approximate surface area is 186 Å². The third-order valence-corrected chi connectivity index (χ3v) is 7.10. The number of hydrogen-bond donors (Lipinski definition) is 1. The van der Waals surface area contributed by atoms with Crippen molar-refractivity contribution in [1.82, 2.24) is 5.32 Å². The normalized spacial score (nSPS) is 15.1. The van der Waals surface area contributed by atoms with Crippen LogP contribution in [0.3, 0.4) is 0 Å². The molecule has 0 saturated carbocycles. The molecule has 0 heterocycles. The molecule has 0 fully saturated rings. The average Bonchev–Trinajstić information content (AvgIpc) is 2.70. The van der Waals surface area contributed by atoms with E-state index < -0.39 is 10.0 Å². The second kappa shape index (κ2) is 9.03. The Morgan fingerprint density at radius 1 is 1.03 bits per heavy atom. The SMILES string of the molecule is C[C@@H](NC(=O)CN(c1ccc(C(C)(C)C)cc1)S(C)(=O)=O)c1ccc2c(c1)CCCC2. The van der Waals surface area contributed by atoms with Gasteiger partial charge in [0.25, 0.3) is 0 Å². The number of carbonyl (C=O) groups is 1. The van der Waals surface area contributed by atoms with E-state index in [9.17, 15) is 13.2 Å². The Hall–Kier alpha value is -2.34. The molecule has 1 aliphatic rings. The number of nitrogens with zero attached hydrogens (tertiary/aromatic N) is 1. The molecule has 1 aliphatic carbocycles. The first kappa shape index (κ1) is 23.3. The highest BCUT2D eigenvalue weighted by atomic mass is 32.2. The Morgan fingerprint density at radius 2 is 1.65 bits per heavy atom. The lowest BCUT2D eigenvalue weighted by Gasteiger charge is -2.25. The zero-order valence-electron chi connectivity index (χ0n) is 19.2. The number of anilines is 1. The topological polar surface area (TPSA) is 66.5 Å². The van der Waals surface area contributed by atoms with Gasteiger partial charge in [0.05, 0.1) is 18.0 Å². The molecule has 1 N–H and O–H groups in total. The van der Waals surface area contributed by atoms with E-state index in [4.69, 9.17) is 0 Å². The number of fused-ring (bicyclic) bond motifs is 1. The predicted octanol–water partition coefficient (Wildman–Crippen LogP) is 4.51. The summed E-state index contributed by atoms with van der Waals surface area (Å²) in [5, 5.41) is 2.97. The molecule has 6 heteroatoms. The van der Waals surface area contributed by atoms with Crippen LogP contribution in [-0.4, -0.2) is 27.1 Å². The van der Waals surface area contributed by atoms with Gasteiger partial charge in [-0.05, 0) is 72.4 Å². The van der Waals surface area contributed by atoms with Gasteiger partial charge in [0, 0.05) is 0 Å². The molecule has 0 aliphatic heterocycles. The molecular formula is C25H34N2O3S. The van der Waals surface area contributed by atoms with Crippen LogP contribution in [0.25, 0.3) is 0 Å². The third kappa shape index (κ3) is 5.88. The molecule has 0 bridgehead atoms. The first-order chi connectivity index (χ1) is 14.4. The molecule has 0 unspecified atom stereocenters. The van der Waals surface area contributed by atoms with Crippen molar-refractivity contribution in [1.29, 1.82) is 0 Å². The lowest BCUT2D eigenvalue weighted by atomic mass is 9.87. The summed E-state index contributed by atoms with van der Waals surface area (Å²) in [6.45, 7) is 8.00. The van der Waals surface area contributed by atoms with E-state index in [2.05, 4.69) is 44.3 Å². The molecule has 0 aromatic heterocycles. The van der Waals surface area contributed by atoms with Crippen molar-refractivity contribution in [3.05, 3.63) is 64.7 Å². The lowest BCUT2D eigenvalue weighted by Crippen LogP contribution is -2.41. The highest BCUT2D eigenvalue weighted by Crippen LogP contribution is 2.27. The monoisotopic (exact) mass is 442 g/mol. The van der Waals surface area contributed by atoms with Gasteiger partial charge in [-0.1, -0.05) is 51.1 Å². The van der Waals surface area contributed by atoms with E-state index in [1.165, 1.54) is 24.0 Å². The number of nitrogens with one attached hydrogen (secondary N) is 1. The van der Waals surface area contributed by atoms with Gasteiger partial charge >= 0.3 is 0 Å². The fraction of sp³-hybridized carbons (Fsp3) is 0.480. The maximum atomic E-state index is 12.8. The van der Waals surface area contributed by atoms with Crippen molar-refractivity contribution in [2.75, 3.05) is 17.1 Å². The smallest absolute Gasteiger partial charge is 0.241 e. The first-order valence-corrected chi connectivity index (χ1v) is 12.8. The van der Waals surface area contributed by atoms with Crippen LogP contribution in [0.2, 0.25) is 0 Å². The molecule has 5 nitrogen and oxygen atoms in total. The predicted molar refractivity (Wildman–Crippen MR) is 127 cm³/mol. The number of hydrogen-bond acceptors (Lipinski definition) is 3. The van der Waals surface area contributed by atoms with E-state index in [1.54, 1.807) is 12.1 Å². The molecule has 0 spiro atoms. The van der Waals surface area contributed by atoms with Gasteiger partial charge in [-0.25, -0.2) is 8.42 Å². The van der Waals surface area contributed by atoms with E-state index in [-0.39, 0.29) is 23.9 Å². The van der Waals surface area contributed by atoms with E-state index in [0.717, 1.165) is 34.5 Å². The molecule has 0 radical (unpaired) electrons. The van der Waals surface area contributed by atoms with Gasteiger partial charge in [0.15, 0.2) is 0 Å². The quantitative estimate of drug-likeness (QED) is 0.716. The summed E-state index contributed by atoms with van der Waals surface area (Å²) in [5.41, 5.74) is 5.38. The Kier molecular flexibility index (Phi) is 6.79. The molecule has 1 atom stereocenters. The first-order valence-electron chi connectivity index (χ1n) is 10.9. The molecule has 2 aromatic carbocycles. The van der Waals surface area contributed by atoms with Crippen molar-refractivity contribution >= 4 is 21.6 Å². The van der Waals surface area contributed by atoms with Crippen LogP contribution >= 0.6 is 0 Å². The van der Waals surface area contributed by atoms with Crippen LogP contribution < -0.4 is 9.62 Å². The number of carbonyl (C=O) groups excluding carboxylic acids is 1. The minimum absolute atomic E-state index is 0.0316. The Balaban J connectivity index is 1.72. The van der Waals surface area contributed by atoms with Crippen LogP contribution in [0.4, 0.5) is 5.69 Å². The molecule has 168 valence electrons. The fourth-order valence-corrected chi connectivity index (χ4v) is 4.91. The number of benzene rings is 2. The van der Waals surface area contributed by atoms with E-state index in [1.807, 2.05) is 19.1 Å². The van der Waals surface area contributed by atoms with Crippen LogP contribution in [-0.2, 0) is 33.1 Å². The maximum absolute atomic E-state index is 12.8. The molecule has 3 rings (SSSR count). The van der Waals surface area contributed by atoms with E-state index in [0.29, 0.717) is 5.69 Å². The molecule has 1 amide bonds. The van der Waals surface area contributed by atoms with Crippen molar-refractivity contribution in [2.45, 2.75) is 64.8 Å². The summed E-state index contributed by atoms with van der Waals surface area (Å²) in [6, 6.07) is 13.6. The highest BCUT2D eigenvalue weighted by molar-refractivity contribution is 7.92. The number of rotatable bonds is 6. The van der Waals surface area contributed by atoms with Gasteiger partial charge in [-0.2, -0.15) is 0 Å². The van der Waals surface area contributed by atoms with Gasteiger partial charge in [-0.3, -0.25) is 9.10 Å². The van der Waals surface area contributed by atoms with Crippen molar-refractivity contribution in [3.63, 3.8) is 0 Å². The molecule has 2 aromatic rings. The summed E-state index contributed by atoms with van der Waals surface area (Å²) in [7, 11) is -3.60. The number of aryl methyl sites for hydroxylation is 2. The highest BCUT2D eigenvalue weighted by Gasteiger charge is 2.23. The van der Waals surface area contributed by atoms with E-state index >= 15 is 0 Å².